The zero-order valence-corrected chi connectivity index (χ0v) is 15.5. The lowest BCUT2D eigenvalue weighted by Gasteiger charge is -2.37. The Hall–Kier alpha value is -1.22. The normalized spacial score (nSPS) is 12.2. The second-order valence-corrected chi connectivity index (χ2v) is 7.31. The Bertz CT molecular complexity index is 403. The third-order valence-electron chi connectivity index (χ3n) is 3.29. The van der Waals surface area contributed by atoms with E-state index in [2.05, 4.69) is 47.4 Å². The van der Waals surface area contributed by atoms with Crippen LogP contribution in [-0.4, -0.2) is 24.9 Å². The summed E-state index contributed by atoms with van der Waals surface area (Å²) >= 11 is 0. The van der Waals surface area contributed by atoms with Gasteiger partial charge in [0.25, 0.3) is 0 Å². The highest BCUT2D eigenvalue weighted by Crippen LogP contribution is 2.36. The fraction of sp³-hybridized carbons (Fsp3) is 0.684. The molecule has 0 atom stereocenters. The lowest BCUT2D eigenvalue weighted by Crippen LogP contribution is -2.35. The molecule has 128 valence electrons. The minimum absolute atomic E-state index is 0.177. The van der Waals surface area contributed by atoms with E-state index in [9.17, 15) is 0 Å². The molecule has 0 aromatic carbocycles. The predicted octanol–water partition coefficient (Wildman–Crippen LogP) is 5.24. The Morgan fingerprint density at radius 1 is 0.955 bits per heavy atom. The summed E-state index contributed by atoms with van der Waals surface area (Å²) in [4.78, 5) is 0. The Labute approximate surface area is 137 Å². The van der Waals surface area contributed by atoms with Crippen molar-refractivity contribution < 1.29 is 14.2 Å². The van der Waals surface area contributed by atoms with Crippen LogP contribution in [0.1, 0.15) is 54.9 Å². The third kappa shape index (κ3) is 8.28. The summed E-state index contributed by atoms with van der Waals surface area (Å²) in [5.41, 5.74) is 0.421. The van der Waals surface area contributed by atoms with Crippen molar-refractivity contribution in [3.8, 4) is 0 Å². The molecule has 3 heteroatoms. The summed E-state index contributed by atoms with van der Waals surface area (Å²) < 4.78 is 17.1. The molecule has 0 bridgehead atoms. The molecule has 0 aliphatic heterocycles. The highest BCUT2D eigenvalue weighted by Gasteiger charge is 2.33. The largest absolute Gasteiger partial charge is 0.494 e. The topological polar surface area (TPSA) is 27.7 Å². The van der Waals surface area contributed by atoms with E-state index in [0.29, 0.717) is 19.0 Å². The molecule has 0 rings (SSSR count). The van der Waals surface area contributed by atoms with Gasteiger partial charge >= 0.3 is 0 Å². The van der Waals surface area contributed by atoms with Crippen LogP contribution in [0, 0.1) is 5.41 Å². The van der Waals surface area contributed by atoms with Gasteiger partial charge < -0.3 is 14.2 Å². The predicted molar refractivity (Wildman–Crippen MR) is 93.7 cm³/mol. The number of hydrogen-bond acceptors (Lipinski definition) is 3. The molecule has 0 spiro atoms. The van der Waals surface area contributed by atoms with Gasteiger partial charge in [-0.05, 0) is 46.6 Å². The van der Waals surface area contributed by atoms with Gasteiger partial charge in [0.2, 0.25) is 0 Å². The summed E-state index contributed by atoms with van der Waals surface area (Å²) in [7, 11) is 0. The molecule has 0 saturated heterocycles. The Morgan fingerprint density at radius 3 is 1.91 bits per heavy atom. The molecule has 0 fully saturated rings. The van der Waals surface area contributed by atoms with Crippen LogP contribution < -0.4 is 0 Å². The van der Waals surface area contributed by atoms with Gasteiger partial charge in [-0.1, -0.05) is 33.6 Å². The quantitative estimate of drug-likeness (QED) is 0.296. The molecular formula is C19H34O3. The maximum atomic E-state index is 5.96. The van der Waals surface area contributed by atoms with Crippen molar-refractivity contribution in [2.24, 2.45) is 5.41 Å². The van der Waals surface area contributed by atoms with E-state index in [1.165, 1.54) is 0 Å². The molecule has 3 nitrogen and oxygen atoms in total. The lowest BCUT2D eigenvalue weighted by molar-refractivity contribution is -0.0800. The van der Waals surface area contributed by atoms with E-state index < -0.39 is 0 Å². The Kier molecular flexibility index (Phi) is 7.96. The summed E-state index contributed by atoms with van der Waals surface area (Å²) in [6.07, 6.45) is 1.03. The van der Waals surface area contributed by atoms with Crippen LogP contribution in [-0.2, 0) is 14.2 Å². The lowest BCUT2D eigenvalue weighted by atomic mass is 9.80. The van der Waals surface area contributed by atoms with Crippen molar-refractivity contribution >= 4 is 0 Å². The van der Waals surface area contributed by atoms with E-state index in [-0.39, 0.29) is 17.1 Å². The van der Waals surface area contributed by atoms with Crippen LogP contribution in [0.3, 0.4) is 0 Å². The molecule has 0 N–H and O–H groups in total. The van der Waals surface area contributed by atoms with Crippen molar-refractivity contribution in [2.75, 3.05) is 13.2 Å². The van der Waals surface area contributed by atoms with Crippen LogP contribution in [0.2, 0.25) is 0 Å². The minimum atomic E-state index is -0.227. The molecule has 0 heterocycles. The fourth-order valence-electron chi connectivity index (χ4n) is 2.49. The van der Waals surface area contributed by atoms with Gasteiger partial charge in [0, 0.05) is 5.41 Å². The van der Waals surface area contributed by atoms with Gasteiger partial charge in [-0.2, -0.15) is 0 Å². The Morgan fingerprint density at radius 2 is 1.45 bits per heavy atom. The molecule has 0 amide bonds. The number of hydrogen-bond donors (Lipinski definition) is 0. The molecule has 0 aliphatic rings. The average Bonchev–Trinajstić information content (AvgIpc) is 2.30. The standard InChI is InChI=1S/C19H34O3/c1-14(2)16(5)20-11-12-21-17(6)18(7,8)13-19(9,10)22-15(3)4/h15H,1,5-6,11-13H2,2-4,7-10H3. The van der Waals surface area contributed by atoms with Gasteiger partial charge in [-0.25, -0.2) is 0 Å². The molecular weight excluding hydrogens is 276 g/mol. The molecule has 0 aromatic rings. The summed E-state index contributed by atoms with van der Waals surface area (Å²) in [5.74, 6) is 1.34. The first-order chi connectivity index (χ1) is 9.87. The number of allylic oxidation sites excluding steroid dienone is 2. The van der Waals surface area contributed by atoms with Crippen molar-refractivity contribution in [1.29, 1.82) is 0 Å². The molecule has 0 aliphatic carbocycles. The summed E-state index contributed by atoms with van der Waals surface area (Å²) in [6.45, 7) is 26.9. The van der Waals surface area contributed by atoms with Crippen LogP contribution in [0.4, 0.5) is 0 Å². The first-order valence-corrected chi connectivity index (χ1v) is 7.85. The van der Waals surface area contributed by atoms with Gasteiger partial charge in [-0.15, -0.1) is 0 Å². The zero-order valence-electron chi connectivity index (χ0n) is 15.5. The minimum Gasteiger partial charge on any atom is -0.494 e. The van der Waals surface area contributed by atoms with E-state index in [0.717, 1.165) is 17.8 Å². The SMILES string of the molecule is C=C(C)C(=C)OCCOC(=C)C(C)(C)CC(C)(C)OC(C)C. The maximum Gasteiger partial charge on any atom is 0.122 e. The average molecular weight is 310 g/mol. The van der Waals surface area contributed by atoms with Gasteiger partial charge in [-0.3, -0.25) is 0 Å². The van der Waals surface area contributed by atoms with Gasteiger partial charge in [0.15, 0.2) is 0 Å². The molecule has 0 radical (unpaired) electrons. The van der Waals surface area contributed by atoms with Crippen LogP contribution in [0.5, 0.6) is 0 Å². The smallest absolute Gasteiger partial charge is 0.122 e. The highest BCUT2D eigenvalue weighted by molar-refractivity contribution is 5.15. The van der Waals surface area contributed by atoms with Crippen LogP contribution in [0.15, 0.2) is 36.8 Å². The highest BCUT2D eigenvalue weighted by atomic mass is 16.5. The number of ether oxygens (including phenoxy) is 3. The second kappa shape index (κ2) is 8.42. The Balaban J connectivity index is 4.33. The van der Waals surface area contributed by atoms with Crippen LogP contribution >= 0.6 is 0 Å². The summed E-state index contributed by atoms with van der Waals surface area (Å²) in [5, 5.41) is 0. The zero-order chi connectivity index (χ0) is 17.6. The van der Waals surface area contributed by atoms with Crippen molar-refractivity contribution in [1.82, 2.24) is 0 Å². The number of rotatable bonds is 11. The molecule has 0 aromatic heterocycles. The molecule has 22 heavy (non-hydrogen) atoms. The first-order valence-electron chi connectivity index (χ1n) is 7.85. The van der Waals surface area contributed by atoms with Crippen molar-refractivity contribution in [3.63, 3.8) is 0 Å². The molecule has 0 saturated carbocycles. The van der Waals surface area contributed by atoms with E-state index >= 15 is 0 Å². The van der Waals surface area contributed by atoms with Gasteiger partial charge in [0.1, 0.15) is 19.0 Å². The van der Waals surface area contributed by atoms with Crippen molar-refractivity contribution in [3.05, 3.63) is 36.8 Å². The third-order valence-corrected chi connectivity index (χ3v) is 3.29. The summed E-state index contributed by atoms with van der Waals surface area (Å²) in [6, 6.07) is 0. The second-order valence-electron chi connectivity index (χ2n) is 7.31. The van der Waals surface area contributed by atoms with E-state index in [1.54, 1.807) is 0 Å². The monoisotopic (exact) mass is 310 g/mol. The van der Waals surface area contributed by atoms with Crippen LogP contribution in [0.25, 0.3) is 0 Å². The van der Waals surface area contributed by atoms with E-state index in [1.807, 2.05) is 20.8 Å². The van der Waals surface area contributed by atoms with Crippen molar-refractivity contribution in [2.45, 2.75) is 66.6 Å². The maximum absolute atomic E-state index is 5.96. The molecule has 0 unspecified atom stereocenters. The van der Waals surface area contributed by atoms with E-state index in [4.69, 9.17) is 14.2 Å². The fourth-order valence-corrected chi connectivity index (χ4v) is 2.49. The first kappa shape index (κ1) is 20.8. The van der Waals surface area contributed by atoms with Gasteiger partial charge in [0.05, 0.1) is 17.5 Å².